The predicted molar refractivity (Wildman–Crippen MR) is 55.3 cm³/mol. The van der Waals surface area contributed by atoms with E-state index in [2.05, 4.69) is 22.0 Å². The first-order valence-corrected chi connectivity index (χ1v) is 5.51. The molecule has 0 radical (unpaired) electrons. The van der Waals surface area contributed by atoms with E-state index in [1.807, 2.05) is 0 Å². The van der Waals surface area contributed by atoms with Crippen LogP contribution in [-0.4, -0.2) is 57.5 Å². The molecule has 1 N–H and O–H groups in total. The minimum absolute atomic E-state index is 0.113. The molecule has 1 fully saturated rings. The number of alkyl halides is 3. The van der Waals surface area contributed by atoms with Gasteiger partial charge in [0, 0.05) is 13.1 Å². The lowest BCUT2D eigenvalue weighted by molar-refractivity contribution is -0.173. The molecule has 0 spiro atoms. The van der Waals surface area contributed by atoms with E-state index in [1.54, 1.807) is 0 Å². The van der Waals surface area contributed by atoms with Crippen molar-refractivity contribution in [2.24, 2.45) is 5.92 Å². The van der Waals surface area contributed by atoms with Crippen molar-refractivity contribution >= 4 is 0 Å². The fraction of sp³-hybridized carbons (Fsp3) is 1.00. The molecule has 16 heavy (non-hydrogen) atoms. The molecular formula is C10H19F3N2O. The molecule has 1 aliphatic rings. The van der Waals surface area contributed by atoms with Gasteiger partial charge in [-0.2, -0.15) is 13.2 Å². The Morgan fingerprint density at radius 3 is 2.75 bits per heavy atom. The summed E-state index contributed by atoms with van der Waals surface area (Å²) in [7, 11) is 2.08. The second kappa shape index (κ2) is 6.42. The van der Waals surface area contributed by atoms with E-state index in [9.17, 15) is 13.2 Å². The van der Waals surface area contributed by atoms with E-state index < -0.39 is 12.8 Å². The van der Waals surface area contributed by atoms with Gasteiger partial charge in [-0.25, -0.2) is 0 Å². The first-order chi connectivity index (χ1) is 7.47. The quantitative estimate of drug-likeness (QED) is 0.704. The summed E-state index contributed by atoms with van der Waals surface area (Å²) in [5.74, 6) is 0.618. The van der Waals surface area contributed by atoms with Gasteiger partial charge in [-0.05, 0) is 32.5 Å². The van der Waals surface area contributed by atoms with Crippen LogP contribution in [0, 0.1) is 5.92 Å². The third kappa shape index (κ3) is 6.30. The number of halogens is 3. The molecule has 1 atom stereocenters. The van der Waals surface area contributed by atoms with Crippen LogP contribution in [0.4, 0.5) is 13.2 Å². The number of nitrogens with zero attached hydrogens (tertiary/aromatic N) is 1. The Morgan fingerprint density at radius 2 is 2.19 bits per heavy atom. The maximum atomic E-state index is 11.7. The SMILES string of the molecule is CN1CCC(CNCCOCC(F)(F)F)C1. The zero-order chi connectivity index (χ0) is 12.0. The minimum Gasteiger partial charge on any atom is -0.371 e. The van der Waals surface area contributed by atoms with Crippen molar-refractivity contribution in [1.29, 1.82) is 0 Å². The van der Waals surface area contributed by atoms with E-state index in [1.165, 1.54) is 0 Å². The molecule has 0 aromatic heterocycles. The molecule has 0 aromatic carbocycles. The number of rotatable bonds is 6. The fourth-order valence-electron chi connectivity index (χ4n) is 1.83. The van der Waals surface area contributed by atoms with E-state index in [4.69, 9.17) is 0 Å². The Bertz CT molecular complexity index is 199. The highest BCUT2D eigenvalue weighted by Gasteiger charge is 2.27. The van der Waals surface area contributed by atoms with Crippen LogP contribution in [0.5, 0.6) is 0 Å². The van der Waals surface area contributed by atoms with Gasteiger partial charge in [0.2, 0.25) is 0 Å². The molecule has 6 heteroatoms. The predicted octanol–water partition coefficient (Wildman–Crippen LogP) is 1.11. The maximum Gasteiger partial charge on any atom is 0.411 e. The van der Waals surface area contributed by atoms with Gasteiger partial charge in [-0.3, -0.25) is 0 Å². The summed E-state index contributed by atoms with van der Waals surface area (Å²) in [6.07, 6.45) is -3.05. The summed E-state index contributed by atoms with van der Waals surface area (Å²) in [6, 6.07) is 0. The van der Waals surface area contributed by atoms with Crippen LogP contribution in [0.3, 0.4) is 0 Å². The summed E-state index contributed by atoms with van der Waals surface area (Å²) in [5.41, 5.74) is 0. The number of ether oxygens (including phenoxy) is 1. The molecule has 96 valence electrons. The van der Waals surface area contributed by atoms with E-state index in [0.717, 1.165) is 26.1 Å². The van der Waals surface area contributed by atoms with Crippen molar-refractivity contribution in [1.82, 2.24) is 10.2 Å². The van der Waals surface area contributed by atoms with Gasteiger partial charge in [0.25, 0.3) is 0 Å². The van der Waals surface area contributed by atoms with Crippen LogP contribution in [-0.2, 0) is 4.74 Å². The van der Waals surface area contributed by atoms with Gasteiger partial charge >= 0.3 is 6.18 Å². The van der Waals surface area contributed by atoms with Gasteiger partial charge in [-0.15, -0.1) is 0 Å². The van der Waals surface area contributed by atoms with Crippen molar-refractivity contribution in [2.45, 2.75) is 12.6 Å². The second-order valence-electron chi connectivity index (χ2n) is 4.29. The monoisotopic (exact) mass is 240 g/mol. The van der Waals surface area contributed by atoms with Gasteiger partial charge in [0.1, 0.15) is 6.61 Å². The molecule has 3 nitrogen and oxygen atoms in total. The lowest BCUT2D eigenvalue weighted by Crippen LogP contribution is -2.29. The molecule has 0 bridgehead atoms. The smallest absolute Gasteiger partial charge is 0.371 e. The molecule has 0 aromatic rings. The zero-order valence-corrected chi connectivity index (χ0v) is 9.52. The first-order valence-electron chi connectivity index (χ1n) is 5.51. The molecule has 1 saturated heterocycles. The zero-order valence-electron chi connectivity index (χ0n) is 9.52. The average molecular weight is 240 g/mol. The molecule has 1 unspecified atom stereocenters. The topological polar surface area (TPSA) is 24.5 Å². The van der Waals surface area contributed by atoms with Crippen LogP contribution in [0.25, 0.3) is 0 Å². The molecule has 1 heterocycles. The summed E-state index contributed by atoms with van der Waals surface area (Å²) >= 11 is 0. The van der Waals surface area contributed by atoms with Crippen molar-refractivity contribution in [3.8, 4) is 0 Å². The molecular weight excluding hydrogens is 221 g/mol. The average Bonchev–Trinajstić information content (AvgIpc) is 2.56. The summed E-state index contributed by atoms with van der Waals surface area (Å²) in [5, 5.41) is 3.12. The van der Waals surface area contributed by atoms with Crippen LogP contribution in [0.2, 0.25) is 0 Å². The number of hydrogen-bond acceptors (Lipinski definition) is 3. The second-order valence-corrected chi connectivity index (χ2v) is 4.29. The lowest BCUT2D eigenvalue weighted by atomic mass is 10.1. The Labute approximate surface area is 93.9 Å². The molecule has 0 amide bonds. The minimum atomic E-state index is -4.21. The van der Waals surface area contributed by atoms with Crippen LogP contribution < -0.4 is 5.32 Å². The van der Waals surface area contributed by atoms with Gasteiger partial charge in [0.05, 0.1) is 6.61 Å². The third-order valence-electron chi connectivity index (χ3n) is 2.61. The van der Waals surface area contributed by atoms with Gasteiger partial charge < -0.3 is 15.0 Å². The summed E-state index contributed by atoms with van der Waals surface area (Å²) in [6.45, 7) is 2.48. The highest BCUT2D eigenvalue weighted by Crippen LogP contribution is 2.14. The molecule has 1 rings (SSSR count). The maximum absolute atomic E-state index is 11.7. The number of hydrogen-bond donors (Lipinski definition) is 1. The number of nitrogens with one attached hydrogen (secondary N) is 1. The van der Waals surface area contributed by atoms with Crippen molar-refractivity contribution in [2.75, 3.05) is 46.4 Å². The lowest BCUT2D eigenvalue weighted by Gasteiger charge is -2.12. The van der Waals surface area contributed by atoms with E-state index >= 15 is 0 Å². The fourth-order valence-corrected chi connectivity index (χ4v) is 1.83. The van der Waals surface area contributed by atoms with E-state index in [0.29, 0.717) is 12.5 Å². The van der Waals surface area contributed by atoms with Crippen LogP contribution in [0.15, 0.2) is 0 Å². The normalized spacial score (nSPS) is 22.9. The third-order valence-corrected chi connectivity index (χ3v) is 2.61. The van der Waals surface area contributed by atoms with Crippen molar-refractivity contribution in [3.05, 3.63) is 0 Å². The standard InChI is InChI=1S/C10H19F3N2O/c1-15-4-2-9(7-15)6-14-3-5-16-8-10(11,12)13/h9,14H,2-8H2,1H3. The van der Waals surface area contributed by atoms with Crippen LogP contribution >= 0.6 is 0 Å². The van der Waals surface area contributed by atoms with Gasteiger partial charge in [0.15, 0.2) is 0 Å². The van der Waals surface area contributed by atoms with Crippen molar-refractivity contribution in [3.63, 3.8) is 0 Å². The molecule has 0 saturated carbocycles. The Morgan fingerprint density at radius 1 is 1.44 bits per heavy atom. The highest BCUT2D eigenvalue weighted by atomic mass is 19.4. The summed E-state index contributed by atoms with van der Waals surface area (Å²) in [4.78, 5) is 2.26. The Kier molecular flexibility index (Phi) is 5.51. The first kappa shape index (κ1) is 13.7. The van der Waals surface area contributed by atoms with Gasteiger partial charge in [-0.1, -0.05) is 0 Å². The summed E-state index contributed by atoms with van der Waals surface area (Å²) < 4.78 is 39.6. The number of likely N-dealkylation sites (tertiary alicyclic amines) is 1. The Hall–Kier alpha value is -0.330. The van der Waals surface area contributed by atoms with Crippen molar-refractivity contribution < 1.29 is 17.9 Å². The highest BCUT2D eigenvalue weighted by molar-refractivity contribution is 4.74. The van der Waals surface area contributed by atoms with Crippen LogP contribution in [0.1, 0.15) is 6.42 Å². The molecule has 1 aliphatic heterocycles. The van der Waals surface area contributed by atoms with E-state index in [-0.39, 0.29) is 6.61 Å². The largest absolute Gasteiger partial charge is 0.411 e. The Balaban J connectivity index is 1.89. The molecule has 0 aliphatic carbocycles.